The van der Waals surface area contributed by atoms with Crippen LogP contribution in [0.4, 0.5) is 4.39 Å². The van der Waals surface area contributed by atoms with Crippen LogP contribution in [-0.2, 0) is 0 Å². The van der Waals surface area contributed by atoms with Gasteiger partial charge in [0.15, 0.2) is 0 Å². The summed E-state index contributed by atoms with van der Waals surface area (Å²) in [6.45, 7) is 0.0804. The number of aromatic nitrogens is 2. The first-order valence-corrected chi connectivity index (χ1v) is 6.60. The normalized spacial score (nSPS) is 10.6. The van der Waals surface area contributed by atoms with Gasteiger partial charge in [0.25, 0.3) is 0 Å². The van der Waals surface area contributed by atoms with Crippen molar-refractivity contribution < 1.29 is 9.50 Å². The molecule has 1 aromatic heterocycles. The number of hydrogen-bond donors (Lipinski definition) is 1. The highest BCUT2D eigenvalue weighted by molar-refractivity contribution is 7.99. The zero-order valence-corrected chi connectivity index (χ0v) is 10.9. The van der Waals surface area contributed by atoms with Crippen LogP contribution in [0.1, 0.15) is 0 Å². The molecule has 0 aliphatic heterocycles. The fraction of sp³-hybridized carbons (Fsp3) is 0.167. The second-order valence-corrected chi connectivity index (χ2v) is 5.00. The molecule has 0 spiro atoms. The van der Waals surface area contributed by atoms with Crippen LogP contribution in [0, 0.1) is 5.82 Å². The lowest BCUT2D eigenvalue weighted by molar-refractivity contribution is 0.322. The third-order valence-electron chi connectivity index (χ3n) is 2.19. The van der Waals surface area contributed by atoms with Gasteiger partial charge < -0.3 is 5.11 Å². The minimum Gasteiger partial charge on any atom is -0.396 e. The van der Waals surface area contributed by atoms with E-state index in [1.807, 2.05) is 0 Å². The van der Waals surface area contributed by atoms with E-state index in [4.69, 9.17) is 16.7 Å². The van der Waals surface area contributed by atoms with Crippen molar-refractivity contribution in [1.29, 1.82) is 0 Å². The quantitative estimate of drug-likeness (QED) is 0.877. The van der Waals surface area contributed by atoms with Gasteiger partial charge in [-0.2, -0.15) is 0 Å². The van der Waals surface area contributed by atoms with Gasteiger partial charge in [-0.05, 0) is 30.3 Å². The Morgan fingerprint density at radius 2 is 2.06 bits per heavy atom. The van der Waals surface area contributed by atoms with Gasteiger partial charge in [-0.3, -0.25) is 0 Å². The van der Waals surface area contributed by atoms with Crippen LogP contribution < -0.4 is 0 Å². The number of aliphatic hydroxyl groups excluding tert-OH is 1. The molecular weight excluding hydrogens is 275 g/mol. The first kappa shape index (κ1) is 13.3. The molecule has 0 fully saturated rings. The molecule has 1 aromatic carbocycles. The minimum absolute atomic E-state index is 0.0804. The number of benzene rings is 1. The summed E-state index contributed by atoms with van der Waals surface area (Å²) >= 11 is 7.21. The molecule has 2 aromatic rings. The Balaban J connectivity index is 2.25. The Hall–Kier alpha value is -1.17. The van der Waals surface area contributed by atoms with E-state index in [0.717, 1.165) is 0 Å². The van der Waals surface area contributed by atoms with Crippen molar-refractivity contribution in [2.75, 3.05) is 12.4 Å². The van der Waals surface area contributed by atoms with Gasteiger partial charge in [-0.1, -0.05) is 11.6 Å². The second kappa shape index (κ2) is 6.13. The molecule has 6 heteroatoms. The first-order valence-electron chi connectivity index (χ1n) is 5.23. The summed E-state index contributed by atoms with van der Waals surface area (Å²) in [5.74, 6) is 0.170. The number of aliphatic hydroxyl groups is 1. The lowest BCUT2D eigenvalue weighted by Crippen LogP contribution is -1.93. The van der Waals surface area contributed by atoms with Crippen LogP contribution in [0.2, 0.25) is 5.02 Å². The summed E-state index contributed by atoms with van der Waals surface area (Å²) in [5.41, 5.74) is 0.761. The van der Waals surface area contributed by atoms with E-state index in [1.54, 1.807) is 12.1 Å². The van der Waals surface area contributed by atoms with E-state index >= 15 is 0 Å². The van der Waals surface area contributed by atoms with Gasteiger partial charge in [-0.25, -0.2) is 4.39 Å². The number of thioether (sulfide) groups is 1. The van der Waals surface area contributed by atoms with Gasteiger partial charge in [0.2, 0.25) is 0 Å². The maximum atomic E-state index is 13.6. The Kier molecular flexibility index (Phi) is 4.52. The van der Waals surface area contributed by atoms with E-state index in [1.165, 1.54) is 30.0 Å². The SMILES string of the molecule is OCCSc1ccc(-c2cc(Cl)ccc2F)nn1. The molecule has 1 heterocycles. The van der Waals surface area contributed by atoms with Crippen LogP contribution in [0.25, 0.3) is 11.3 Å². The third kappa shape index (κ3) is 3.19. The molecule has 0 amide bonds. The minimum atomic E-state index is -0.385. The first-order chi connectivity index (χ1) is 8.70. The average Bonchev–Trinajstić information content (AvgIpc) is 2.40. The standard InChI is InChI=1S/C12H10ClFN2OS/c13-8-1-2-10(14)9(7-8)11-3-4-12(16-15-11)18-6-5-17/h1-4,7,17H,5-6H2. The number of nitrogens with zero attached hydrogens (tertiary/aromatic N) is 2. The lowest BCUT2D eigenvalue weighted by Gasteiger charge is -2.03. The topological polar surface area (TPSA) is 46.0 Å². The van der Waals surface area contributed by atoms with Crippen LogP contribution in [-0.4, -0.2) is 27.7 Å². The summed E-state index contributed by atoms with van der Waals surface area (Å²) in [6, 6.07) is 7.72. The van der Waals surface area contributed by atoms with Crippen LogP contribution in [0.15, 0.2) is 35.4 Å². The van der Waals surface area contributed by atoms with Crippen molar-refractivity contribution >= 4 is 23.4 Å². The number of rotatable bonds is 4. The maximum Gasteiger partial charge on any atom is 0.132 e. The Labute approximate surface area is 113 Å². The lowest BCUT2D eigenvalue weighted by atomic mass is 10.1. The van der Waals surface area contributed by atoms with Crippen molar-refractivity contribution in [3.05, 3.63) is 41.2 Å². The number of hydrogen-bond acceptors (Lipinski definition) is 4. The maximum absolute atomic E-state index is 13.6. The molecule has 2 rings (SSSR count). The molecule has 0 bridgehead atoms. The Morgan fingerprint density at radius 3 is 2.72 bits per heavy atom. The summed E-state index contributed by atoms with van der Waals surface area (Å²) in [5, 5.41) is 17.7. The summed E-state index contributed by atoms with van der Waals surface area (Å²) in [4.78, 5) is 0. The van der Waals surface area contributed by atoms with E-state index < -0.39 is 0 Å². The molecule has 94 valence electrons. The Morgan fingerprint density at radius 1 is 1.22 bits per heavy atom. The molecule has 0 radical (unpaired) electrons. The molecule has 3 nitrogen and oxygen atoms in total. The second-order valence-electron chi connectivity index (χ2n) is 3.45. The highest BCUT2D eigenvalue weighted by Gasteiger charge is 2.08. The molecule has 0 atom stereocenters. The van der Waals surface area contributed by atoms with E-state index in [0.29, 0.717) is 27.1 Å². The van der Waals surface area contributed by atoms with Crippen molar-refractivity contribution in [3.8, 4) is 11.3 Å². The van der Waals surface area contributed by atoms with E-state index in [9.17, 15) is 4.39 Å². The highest BCUT2D eigenvalue weighted by Crippen LogP contribution is 2.25. The molecule has 0 aliphatic rings. The summed E-state index contributed by atoms with van der Waals surface area (Å²) in [6.07, 6.45) is 0. The van der Waals surface area contributed by atoms with Crippen molar-refractivity contribution in [2.45, 2.75) is 5.03 Å². The molecule has 0 saturated carbocycles. The highest BCUT2D eigenvalue weighted by atomic mass is 35.5. The van der Waals surface area contributed by atoms with Gasteiger partial charge >= 0.3 is 0 Å². The van der Waals surface area contributed by atoms with Gasteiger partial charge in [0, 0.05) is 16.3 Å². The fourth-order valence-corrected chi connectivity index (χ4v) is 2.12. The van der Waals surface area contributed by atoms with E-state index in [-0.39, 0.29) is 12.4 Å². The third-order valence-corrected chi connectivity index (χ3v) is 3.32. The number of halogens is 2. The van der Waals surface area contributed by atoms with Crippen molar-refractivity contribution in [2.24, 2.45) is 0 Å². The predicted molar refractivity (Wildman–Crippen MR) is 70.2 cm³/mol. The molecule has 0 unspecified atom stereocenters. The van der Waals surface area contributed by atoms with Crippen LogP contribution in [0.3, 0.4) is 0 Å². The largest absolute Gasteiger partial charge is 0.396 e. The molecular formula is C12H10ClFN2OS. The fourth-order valence-electron chi connectivity index (χ4n) is 1.38. The molecule has 0 aliphatic carbocycles. The smallest absolute Gasteiger partial charge is 0.132 e. The van der Waals surface area contributed by atoms with Gasteiger partial charge in [0.05, 0.1) is 12.3 Å². The van der Waals surface area contributed by atoms with Crippen molar-refractivity contribution in [3.63, 3.8) is 0 Å². The van der Waals surface area contributed by atoms with Crippen LogP contribution in [0.5, 0.6) is 0 Å². The molecule has 18 heavy (non-hydrogen) atoms. The zero-order valence-electron chi connectivity index (χ0n) is 9.31. The monoisotopic (exact) mass is 284 g/mol. The summed E-state index contributed by atoms with van der Waals surface area (Å²) in [7, 11) is 0. The Bertz CT molecular complexity index is 536. The van der Waals surface area contributed by atoms with Gasteiger partial charge in [-0.15, -0.1) is 22.0 Å². The predicted octanol–water partition coefficient (Wildman–Crippen LogP) is 3.02. The van der Waals surface area contributed by atoms with Crippen LogP contribution >= 0.6 is 23.4 Å². The average molecular weight is 285 g/mol. The molecule has 0 saturated heterocycles. The molecule has 1 N–H and O–H groups in total. The van der Waals surface area contributed by atoms with E-state index in [2.05, 4.69) is 10.2 Å². The van der Waals surface area contributed by atoms with Crippen molar-refractivity contribution in [1.82, 2.24) is 10.2 Å². The zero-order chi connectivity index (χ0) is 13.0. The summed E-state index contributed by atoms with van der Waals surface area (Å²) < 4.78 is 13.6. The van der Waals surface area contributed by atoms with Gasteiger partial charge in [0.1, 0.15) is 10.8 Å².